The molecule has 120 valence electrons. The molecule has 1 atom stereocenters. The zero-order valence-electron chi connectivity index (χ0n) is 13.2. The summed E-state index contributed by atoms with van der Waals surface area (Å²) in [5, 5.41) is 1.99. The lowest BCUT2D eigenvalue weighted by Gasteiger charge is -2.14. The van der Waals surface area contributed by atoms with Gasteiger partial charge >= 0.3 is 5.97 Å². The maximum atomic E-state index is 12.1. The number of thiophene rings is 1. The number of ether oxygens (including phenoxy) is 2. The number of methoxy groups -OCH3 is 1. The molecule has 0 saturated heterocycles. The number of carbonyl (C=O) groups is 1. The van der Waals surface area contributed by atoms with Crippen molar-refractivity contribution in [3.05, 3.63) is 71.1 Å². The molecule has 2 aromatic carbocycles. The summed E-state index contributed by atoms with van der Waals surface area (Å²) in [6.45, 7) is 0.377. The second kappa shape index (κ2) is 6.23. The fraction of sp³-hybridized carbons (Fsp3) is 0.150. The maximum Gasteiger partial charge on any atom is 0.339 e. The minimum Gasteiger partial charge on any atom is -0.467 e. The van der Waals surface area contributed by atoms with Crippen LogP contribution in [0.15, 0.2) is 60.0 Å². The van der Waals surface area contributed by atoms with E-state index < -0.39 is 6.10 Å². The van der Waals surface area contributed by atoms with Crippen LogP contribution in [0.3, 0.4) is 0 Å². The quantitative estimate of drug-likeness (QED) is 0.629. The van der Waals surface area contributed by atoms with Crippen molar-refractivity contribution in [2.24, 2.45) is 0 Å². The van der Waals surface area contributed by atoms with Crippen LogP contribution in [0.25, 0.3) is 21.6 Å². The highest BCUT2D eigenvalue weighted by Crippen LogP contribution is 2.43. The van der Waals surface area contributed by atoms with E-state index in [2.05, 4.69) is 30.3 Å². The largest absolute Gasteiger partial charge is 0.467 e. The number of benzene rings is 2. The highest BCUT2D eigenvalue weighted by Gasteiger charge is 2.31. The van der Waals surface area contributed by atoms with Crippen LogP contribution >= 0.6 is 11.3 Å². The molecule has 1 aliphatic heterocycles. The third kappa shape index (κ3) is 2.44. The Balaban J connectivity index is 1.89. The number of fused-ring (bicyclic) bond motifs is 3. The molecule has 0 N–H and O–H groups in total. The van der Waals surface area contributed by atoms with Gasteiger partial charge in [0.25, 0.3) is 0 Å². The van der Waals surface area contributed by atoms with E-state index in [1.807, 2.05) is 29.6 Å². The van der Waals surface area contributed by atoms with Crippen molar-refractivity contribution < 1.29 is 14.3 Å². The summed E-state index contributed by atoms with van der Waals surface area (Å²) >= 11 is 1.63. The lowest BCUT2D eigenvalue weighted by atomic mass is 9.94. The summed E-state index contributed by atoms with van der Waals surface area (Å²) < 4.78 is 10.9. The highest BCUT2D eigenvalue weighted by molar-refractivity contribution is 7.13. The molecule has 3 nitrogen and oxygen atoms in total. The van der Waals surface area contributed by atoms with Gasteiger partial charge in [-0.1, -0.05) is 48.5 Å². The molecule has 0 bridgehead atoms. The minimum atomic E-state index is -0.674. The van der Waals surface area contributed by atoms with Gasteiger partial charge in [-0.05, 0) is 33.7 Å². The first kappa shape index (κ1) is 15.1. The van der Waals surface area contributed by atoms with E-state index in [9.17, 15) is 4.79 Å². The van der Waals surface area contributed by atoms with Crippen LogP contribution in [0.4, 0.5) is 0 Å². The number of hydrogen-bond donors (Lipinski definition) is 0. The Hall–Kier alpha value is -2.43. The molecule has 0 aliphatic carbocycles. The van der Waals surface area contributed by atoms with Crippen LogP contribution in [-0.2, 0) is 20.9 Å². The van der Waals surface area contributed by atoms with Crippen molar-refractivity contribution in [1.29, 1.82) is 0 Å². The van der Waals surface area contributed by atoms with Crippen molar-refractivity contribution in [3.8, 4) is 21.6 Å². The van der Waals surface area contributed by atoms with Crippen molar-refractivity contribution >= 4 is 17.3 Å². The molecule has 4 heteroatoms. The normalized spacial score (nSPS) is 16.0. The van der Waals surface area contributed by atoms with Crippen LogP contribution in [0.1, 0.15) is 17.2 Å². The van der Waals surface area contributed by atoms with Gasteiger partial charge in [-0.2, -0.15) is 0 Å². The fourth-order valence-electron chi connectivity index (χ4n) is 3.15. The summed E-state index contributed by atoms with van der Waals surface area (Å²) in [5.41, 5.74) is 5.41. The van der Waals surface area contributed by atoms with Gasteiger partial charge in [0.1, 0.15) is 0 Å². The van der Waals surface area contributed by atoms with Crippen molar-refractivity contribution in [3.63, 3.8) is 0 Å². The van der Waals surface area contributed by atoms with Crippen molar-refractivity contribution in [2.45, 2.75) is 12.7 Å². The van der Waals surface area contributed by atoms with E-state index in [1.165, 1.54) is 7.11 Å². The minimum absolute atomic E-state index is 0.358. The molecule has 0 spiro atoms. The van der Waals surface area contributed by atoms with Gasteiger partial charge in [0, 0.05) is 10.4 Å². The summed E-state index contributed by atoms with van der Waals surface area (Å²) in [6, 6.07) is 18.5. The molecule has 0 amide bonds. The Labute approximate surface area is 144 Å². The van der Waals surface area contributed by atoms with Gasteiger partial charge in [-0.3, -0.25) is 0 Å². The molecule has 0 radical (unpaired) electrons. The average Bonchev–Trinajstić information content (AvgIpc) is 3.05. The molecule has 1 aliphatic rings. The first-order chi connectivity index (χ1) is 11.8. The van der Waals surface area contributed by atoms with E-state index in [-0.39, 0.29) is 5.97 Å². The second-order valence-electron chi connectivity index (χ2n) is 5.62. The number of esters is 1. The molecule has 0 saturated carbocycles. The third-order valence-electron chi connectivity index (χ3n) is 4.29. The molecule has 2 heterocycles. The number of hydrogen-bond acceptors (Lipinski definition) is 4. The Morgan fingerprint density at radius 3 is 2.67 bits per heavy atom. The van der Waals surface area contributed by atoms with Gasteiger partial charge in [0.15, 0.2) is 6.10 Å². The van der Waals surface area contributed by atoms with Crippen molar-refractivity contribution in [1.82, 2.24) is 0 Å². The van der Waals surface area contributed by atoms with Crippen molar-refractivity contribution in [2.75, 3.05) is 7.11 Å². The Kier molecular flexibility index (Phi) is 3.92. The van der Waals surface area contributed by atoms with Gasteiger partial charge in [0.2, 0.25) is 0 Å². The molecular weight excluding hydrogens is 320 g/mol. The zero-order chi connectivity index (χ0) is 16.5. The SMILES string of the molecule is COC(=O)C1OCc2c(-c3ccccc3)cccc2-c2sccc21. The van der Waals surface area contributed by atoms with Crippen LogP contribution in [-0.4, -0.2) is 13.1 Å². The van der Waals surface area contributed by atoms with E-state index >= 15 is 0 Å². The average molecular weight is 336 g/mol. The predicted molar refractivity (Wildman–Crippen MR) is 94.7 cm³/mol. The molecule has 0 fully saturated rings. The summed E-state index contributed by atoms with van der Waals surface area (Å²) in [4.78, 5) is 13.2. The standard InChI is InChI=1S/C20H16O3S/c1-22-20(21)18-16-10-11-24-19(16)15-9-5-8-14(17(15)12-23-18)13-6-3-2-4-7-13/h2-11,18H,12H2,1H3. The van der Waals surface area contributed by atoms with E-state index in [0.29, 0.717) is 6.61 Å². The third-order valence-corrected chi connectivity index (χ3v) is 5.26. The van der Waals surface area contributed by atoms with Gasteiger partial charge in [-0.25, -0.2) is 4.79 Å². The zero-order valence-corrected chi connectivity index (χ0v) is 14.0. The number of rotatable bonds is 2. The molecule has 3 aromatic rings. The Morgan fingerprint density at radius 2 is 1.88 bits per heavy atom. The fourth-order valence-corrected chi connectivity index (χ4v) is 4.13. The van der Waals surface area contributed by atoms with Crippen LogP contribution in [0, 0.1) is 0 Å². The maximum absolute atomic E-state index is 12.1. The number of carbonyl (C=O) groups excluding carboxylic acids is 1. The molecule has 24 heavy (non-hydrogen) atoms. The highest BCUT2D eigenvalue weighted by atomic mass is 32.1. The van der Waals surface area contributed by atoms with Crippen LogP contribution in [0.5, 0.6) is 0 Å². The lowest BCUT2D eigenvalue weighted by molar-refractivity contribution is -0.155. The van der Waals surface area contributed by atoms with E-state index in [4.69, 9.17) is 9.47 Å². The summed E-state index contributed by atoms with van der Waals surface area (Å²) in [7, 11) is 1.39. The van der Waals surface area contributed by atoms with Gasteiger partial charge < -0.3 is 9.47 Å². The van der Waals surface area contributed by atoms with Crippen LogP contribution < -0.4 is 0 Å². The topological polar surface area (TPSA) is 35.5 Å². The first-order valence-electron chi connectivity index (χ1n) is 7.74. The molecule has 1 aromatic heterocycles. The first-order valence-corrected chi connectivity index (χ1v) is 8.62. The smallest absolute Gasteiger partial charge is 0.339 e. The van der Waals surface area contributed by atoms with Gasteiger partial charge in [0.05, 0.1) is 13.7 Å². The second-order valence-corrected chi connectivity index (χ2v) is 6.53. The van der Waals surface area contributed by atoms with E-state index in [1.54, 1.807) is 11.3 Å². The lowest BCUT2D eigenvalue weighted by Crippen LogP contribution is -2.16. The summed E-state index contributed by atoms with van der Waals surface area (Å²) in [5.74, 6) is -0.358. The Morgan fingerprint density at radius 1 is 1.08 bits per heavy atom. The van der Waals surface area contributed by atoms with E-state index in [0.717, 1.165) is 32.7 Å². The monoisotopic (exact) mass is 336 g/mol. The molecule has 4 rings (SSSR count). The van der Waals surface area contributed by atoms with Crippen LogP contribution in [0.2, 0.25) is 0 Å². The predicted octanol–water partition coefficient (Wildman–Crippen LogP) is 4.83. The molecule has 1 unspecified atom stereocenters. The Bertz CT molecular complexity index is 883. The summed E-state index contributed by atoms with van der Waals surface area (Å²) in [6.07, 6.45) is -0.674. The van der Waals surface area contributed by atoms with Gasteiger partial charge in [-0.15, -0.1) is 11.3 Å². The molecular formula is C20H16O3S.